The molecule has 24 heavy (non-hydrogen) atoms. The van der Waals surface area contributed by atoms with E-state index in [1.165, 1.54) is 0 Å². The summed E-state index contributed by atoms with van der Waals surface area (Å²) in [7, 11) is -1.61. The van der Waals surface area contributed by atoms with Crippen molar-refractivity contribution in [3.8, 4) is 5.75 Å². The molecule has 1 aliphatic rings. The summed E-state index contributed by atoms with van der Waals surface area (Å²) in [5, 5.41) is 0. The van der Waals surface area contributed by atoms with Gasteiger partial charge in [0.2, 0.25) is 10.0 Å². The van der Waals surface area contributed by atoms with Crippen LogP contribution in [-0.2, 0) is 14.8 Å². The number of sulfonamides is 1. The van der Waals surface area contributed by atoms with Gasteiger partial charge in [-0.15, -0.1) is 0 Å². The van der Waals surface area contributed by atoms with Crippen LogP contribution in [0, 0.1) is 0 Å². The van der Waals surface area contributed by atoms with Gasteiger partial charge >= 0.3 is 0 Å². The molecule has 1 aromatic rings. The van der Waals surface area contributed by atoms with Gasteiger partial charge in [0.25, 0.3) is 0 Å². The van der Waals surface area contributed by atoms with Crippen LogP contribution in [0.1, 0.15) is 31.4 Å². The van der Waals surface area contributed by atoms with Gasteiger partial charge in [-0.2, -0.15) is 0 Å². The van der Waals surface area contributed by atoms with E-state index < -0.39 is 10.0 Å². The normalized spacial score (nSPS) is 17.6. The van der Waals surface area contributed by atoms with Crippen molar-refractivity contribution in [3.63, 3.8) is 0 Å². The molecule has 1 fully saturated rings. The summed E-state index contributed by atoms with van der Waals surface area (Å²) in [6.45, 7) is 5.27. The molecule has 0 aromatic heterocycles. The molecule has 1 aliphatic heterocycles. The zero-order valence-electron chi connectivity index (χ0n) is 14.5. The second-order valence-corrected chi connectivity index (χ2v) is 7.89. The Hall–Kier alpha value is -1.15. The lowest BCUT2D eigenvalue weighted by Gasteiger charge is -2.35. The Labute approximate surface area is 145 Å². The quantitative estimate of drug-likeness (QED) is 0.731. The topological polar surface area (TPSA) is 67.9 Å². The zero-order chi connectivity index (χ0) is 17.4. The van der Waals surface area contributed by atoms with Crippen LogP contribution in [0.4, 0.5) is 0 Å². The van der Waals surface area contributed by atoms with Crippen molar-refractivity contribution < 1.29 is 17.9 Å². The lowest BCUT2D eigenvalue weighted by atomic mass is 10.0. The van der Waals surface area contributed by atoms with Gasteiger partial charge in [0.1, 0.15) is 5.75 Å². The molecule has 0 saturated carbocycles. The van der Waals surface area contributed by atoms with Crippen molar-refractivity contribution in [1.29, 1.82) is 0 Å². The minimum Gasteiger partial charge on any atom is -0.497 e. The number of morpholine rings is 1. The molecular weight excluding hydrogens is 328 g/mol. The Morgan fingerprint density at radius 3 is 2.75 bits per heavy atom. The Morgan fingerprint density at radius 2 is 2.08 bits per heavy atom. The summed E-state index contributed by atoms with van der Waals surface area (Å²) in [4.78, 5) is 2.26. The van der Waals surface area contributed by atoms with E-state index in [1.807, 2.05) is 31.2 Å². The molecule has 1 N–H and O–H groups in total. The van der Waals surface area contributed by atoms with Crippen LogP contribution >= 0.6 is 0 Å². The van der Waals surface area contributed by atoms with Gasteiger partial charge in [0, 0.05) is 25.7 Å². The van der Waals surface area contributed by atoms with Gasteiger partial charge in [-0.05, 0) is 24.1 Å². The van der Waals surface area contributed by atoms with E-state index in [2.05, 4.69) is 9.62 Å². The first-order valence-electron chi connectivity index (χ1n) is 8.49. The van der Waals surface area contributed by atoms with E-state index in [0.29, 0.717) is 26.2 Å². The van der Waals surface area contributed by atoms with Gasteiger partial charge in [-0.1, -0.05) is 25.5 Å². The first-order chi connectivity index (χ1) is 11.6. The fourth-order valence-electron chi connectivity index (χ4n) is 2.81. The number of rotatable bonds is 9. The summed E-state index contributed by atoms with van der Waals surface area (Å²) in [6, 6.07) is 7.79. The molecule has 1 unspecified atom stereocenters. The van der Waals surface area contributed by atoms with Crippen LogP contribution in [0.15, 0.2) is 24.3 Å². The maximum absolute atomic E-state index is 12.2. The highest BCUT2D eigenvalue weighted by Crippen LogP contribution is 2.25. The van der Waals surface area contributed by atoms with Gasteiger partial charge in [-0.25, -0.2) is 13.1 Å². The number of ether oxygens (including phenoxy) is 2. The number of hydrogen-bond donors (Lipinski definition) is 1. The van der Waals surface area contributed by atoms with Crippen molar-refractivity contribution in [2.75, 3.05) is 45.7 Å². The third-order valence-corrected chi connectivity index (χ3v) is 5.66. The molecule has 2 rings (SSSR count). The predicted molar refractivity (Wildman–Crippen MR) is 94.8 cm³/mol. The standard InChI is InChI=1S/C17H28N2O4S/c1-3-4-12-24(20,21)18-14-17(19-8-10-23-11-9-19)15-6-5-7-16(13-15)22-2/h5-7,13,17-18H,3-4,8-12,14H2,1-2H3. The number of unbranched alkanes of at least 4 members (excludes halogenated alkanes) is 1. The van der Waals surface area contributed by atoms with Crippen LogP contribution in [0.25, 0.3) is 0 Å². The Morgan fingerprint density at radius 1 is 1.33 bits per heavy atom. The molecule has 1 aromatic carbocycles. The van der Waals surface area contributed by atoms with E-state index in [0.717, 1.165) is 30.8 Å². The van der Waals surface area contributed by atoms with E-state index >= 15 is 0 Å². The highest BCUT2D eigenvalue weighted by molar-refractivity contribution is 7.89. The lowest BCUT2D eigenvalue weighted by Crippen LogP contribution is -2.44. The highest BCUT2D eigenvalue weighted by Gasteiger charge is 2.24. The van der Waals surface area contributed by atoms with Crippen molar-refractivity contribution in [2.45, 2.75) is 25.8 Å². The number of hydrogen-bond acceptors (Lipinski definition) is 5. The molecule has 0 radical (unpaired) electrons. The second kappa shape index (κ2) is 9.36. The SMILES string of the molecule is CCCCS(=O)(=O)NCC(c1cccc(OC)c1)N1CCOCC1. The third kappa shape index (κ3) is 5.73. The minimum atomic E-state index is -3.24. The van der Waals surface area contributed by atoms with Crippen LogP contribution < -0.4 is 9.46 Å². The van der Waals surface area contributed by atoms with Crippen molar-refractivity contribution >= 4 is 10.0 Å². The summed E-state index contributed by atoms with van der Waals surface area (Å²) >= 11 is 0. The minimum absolute atomic E-state index is 0.0274. The van der Waals surface area contributed by atoms with Crippen molar-refractivity contribution in [2.24, 2.45) is 0 Å². The summed E-state index contributed by atoms with van der Waals surface area (Å²) in [5.41, 5.74) is 1.05. The summed E-state index contributed by atoms with van der Waals surface area (Å²) in [6.07, 6.45) is 1.54. The zero-order valence-corrected chi connectivity index (χ0v) is 15.3. The predicted octanol–water partition coefficient (Wildman–Crippen LogP) is 1.79. The molecule has 1 heterocycles. The van der Waals surface area contributed by atoms with Gasteiger partial charge in [0.05, 0.1) is 26.1 Å². The van der Waals surface area contributed by atoms with Gasteiger partial charge < -0.3 is 9.47 Å². The largest absolute Gasteiger partial charge is 0.497 e. The van der Waals surface area contributed by atoms with Crippen LogP contribution in [0.2, 0.25) is 0 Å². The summed E-state index contributed by atoms with van der Waals surface area (Å²) < 4.78 is 37.8. The molecule has 0 aliphatic carbocycles. The molecular formula is C17H28N2O4S. The first kappa shape index (κ1) is 19.2. The monoisotopic (exact) mass is 356 g/mol. The van der Waals surface area contributed by atoms with Crippen LogP contribution in [0.3, 0.4) is 0 Å². The number of nitrogens with one attached hydrogen (secondary N) is 1. The number of nitrogens with zero attached hydrogens (tertiary/aromatic N) is 1. The molecule has 1 saturated heterocycles. The van der Waals surface area contributed by atoms with Gasteiger partial charge in [-0.3, -0.25) is 4.90 Å². The van der Waals surface area contributed by atoms with Crippen molar-refractivity contribution in [3.05, 3.63) is 29.8 Å². The summed E-state index contributed by atoms with van der Waals surface area (Å²) in [5.74, 6) is 0.955. The smallest absolute Gasteiger partial charge is 0.211 e. The lowest BCUT2D eigenvalue weighted by molar-refractivity contribution is 0.0171. The third-order valence-electron chi connectivity index (χ3n) is 4.23. The second-order valence-electron chi connectivity index (χ2n) is 5.96. The Bertz CT molecular complexity index is 600. The van der Waals surface area contributed by atoms with E-state index in [4.69, 9.17) is 9.47 Å². The van der Waals surface area contributed by atoms with E-state index in [1.54, 1.807) is 7.11 Å². The molecule has 0 spiro atoms. The van der Waals surface area contributed by atoms with E-state index in [-0.39, 0.29) is 11.8 Å². The Balaban J connectivity index is 2.13. The average Bonchev–Trinajstić information content (AvgIpc) is 2.61. The van der Waals surface area contributed by atoms with Crippen LogP contribution in [0.5, 0.6) is 5.75 Å². The fourth-order valence-corrected chi connectivity index (χ4v) is 4.03. The molecule has 0 bridgehead atoms. The van der Waals surface area contributed by atoms with Crippen LogP contribution in [-0.4, -0.2) is 59.0 Å². The van der Waals surface area contributed by atoms with Gasteiger partial charge in [0.15, 0.2) is 0 Å². The molecule has 1 atom stereocenters. The molecule has 136 valence electrons. The number of benzene rings is 1. The first-order valence-corrected chi connectivity index (χ1v) is 10.1. The fraction of sp³-hybridized carbons (Fsp3) is 0.647. The van der Waals surface area contributed by atoms with E-state index in [9.17, 15) is 8.42 Å². The van der Waals surface area contributed by atoms with Crippen molar-refractivity contribution in [1.82, 2.24) is 9.62 Å². The highest BCUT2D eigenvalue weighted by atomic mass is 32.2. The maximum Gasteiger partial charge on any atom is 0.211 e. The Kier molecular flexibility index (Phi) is 7.48. The number of methoxy groups -OCH3 is 1. The molecule has 6 nitrogen and oxygen atoms in total. The molecule has 0 amide bonds. The maximum atomic E-state index is 12.2. The average molecular weight is 356 g/mol. The molecule has 7 heteroatoms.